The summed E-state index contributed by atoms with van der Waals surface area (Å²) in [6.07, 6.45) is 0. The predicted molar refractivity (Wildman–Crippen MR) is 140 cm³/mol. The smallest absolute Gasteiger partial charge is 0.264 e. The Morgan fingerprint density at radius 1 is 0.949 bits per heavy atom. The first-order valence-corrected chi connectivity index (χ1v) is 13.4. The van der Waals surface area contributed by atoms with E-state index in [2.05, 4.69) is 10.6 Å². The molecule has 0 radical (unpaired) electrons. The van der Waals surface area contributed by atoms with Gasteiger partial charge in [-0.15, -0.1) is 0 Å². The molecule has 0 aromatic heterocycles. The molecule has 0 spiro atoms. The second-order valence-corrected chi connectivity index (χ2v) is 10.9. The van der Waals surface area contributed by atoms with E-state index in [-0.39, 0.29) is 22.7 Å². The highest BCUT2D eigenvalue weighted by molar-refractivity contribution is 7.92. The summed E-state index contributed by atoms with van der Waals surface area (Å²) in [7, 11) is -2.67. The fraction of sp³-hybridized carbons (Fsp3) is 0.222. The molecule has 12 heteroatoms. The SMILES string of the molecule is CC(C(=O)NCc1cc(F)cc(F)c1)C(=O)NC1CN(S(=O)(=O)c2ccccc2)c2ccccc2N(C)C1=O. The van der Waals surface area contributed by atoms with E-state index in [1.807, 2.05) is 0 Å². The van der Waals surface area contributed by atoms with E-state index in [0.29, 0.717) is 11.8 Å². The van der Waals surface area contributed by atoms with Gasteiger partial charge in [0.25, 0.3) is 15.9 Å². The van der Waals surface area contributed by atoms with Crippen LogP contribution in [-0.2, 0) is 31.0 Å². The fourth-order valence-electron chi connectivity index (χ4n) is 4.18. The molecule has 3 aromatic rings. The zero-order valence-corrected chi connectivity index (χ0v) is 21.9. The van der Waals surface area contributed by atoms with Crippen molar-refractivity contribution in [1.82, 2.24) is 10.6 Å². The Balaban J connectivity index is 1.55. The number of amides is 3. The lowest BCUT2D eigenvalue weighted by Gasteiger charge is -2.26. The van der Waals surface area contributed by atoms with E-state index in [0.717, 1.165) is 16.4 Å². The van der Waals surface area contributed by atoms with Gasteiger partial charge in [-0.1, -0.05) is 30.3 Å². The van der Waals surface area contributed by atoms with Crippen molar-refractivity contribution in [3.8, 4) is 0 Å². The maximum Gasteiger partial charge on any atom is 0.264 e. The van der Waals surface area contributed by atoms with Crippen LogP contribution in [0.5, 0.6) is 0 Å². The van der Waals surface area contributed by atoms with Gasteiger partial charge < -0.3 is 15.5 Å². The van der Waals surface area contributed by atoms with Crippen molar-refractivity contribution in [1.29, 1.82) is 0 Å². The molecule has 0 saturated heterocycles. The van der Waals surface area contributed by atoms with E-state index in [9.17, 15) is 31.6 Å². The third kappa shape index (κ3) is 5.90. The predicted octanol–water partition coefficient (Wildman–Crippen LogP) is 2.57. The Bertz CT molecular complexity index is 1500. The molecule has 2 N–H and O–H groups in total. The number of sulfonamides is 1. The Kier molecular flexibility index (Phi) is 7.95. The zero-order chi connectivity index (χ0) is 28.3. The molecule has 0 aliphatic carbocycles. The molecule has 4 rings (SSSR count). The monoisotopic (exact) mass is 556 g/mol. The largest absolute Gasteiger partial charge is 0.351 e. The third-order valence-corrected chi connectivity index (χ3v) is 8.11. The van der Waals surface area contributed by atoms with E-state index >= 15 is 0 Å². The molecular formula is C27H26F2N4O5S. The van der Waals surface area contributed by atoms with Gasteiger partial charge in [0.2, 0.25) is 11.8 Å². The molecule has 9 nitrogen and oxygen atoms in total. The highest BCUT2D eigenvalue weighted by Gasteiger charge is 2.39. The molecule has 0 bridgehead atoms. The van der Waals surface area contributed by atoms with Gasteiger partial charge in [0.05, 0.1) is 22.8 Å². The van der Waals surface area contributed by atoms with Crippen LogP contribution in [0.3, 0.4) is 0 Å². The summed E-state index contributed by atoms with van der Waals surface area (Å²) >= 11 is 0. The van der Waals surface area contributed by atoms with Crippen molar-refractivity contribution < 1.29 is 31.6 Å². The molecule has 2 unspecified atom stereocenters. The first kappa shape index (κ1) is 27.7. The maximum atomic E-state index is 13.6. The van der Waals surface area contributed by atoms with Gasteiger partial charge in [-0.2, -0.15) is 0 Å². The topological polar surface area (TPSA) is 116 Å². The first-order chi connectivity index (χ1) is 18.5. The number of carbonyl (C=O) groups is 3. The average Bonchev–Trinajstić information content (AvgIpc) is 3.02. The summed E-state index contributed by atoms with van der Waals surface area (Å²) in [6, 6.07) is 15.6. The number of benzene rings is 3. The van der Waals surface area contributed by atoms with Crippen molar-refractivity contribution in [2.24, 2.45) is 5.92 Å². The van der Waals surface area contributed by atoms with Crippen LogP contribution < -0.4 is 19.8 Å². The minimum atomic E-state index is -4.13. The average molecular weight is 557 g/mol. The van der Waals surface area contributed by atoms with Gasteiger partial charge in [0.1, 0.15) is 23.6 Å². The fourth-order valence-corrected chi connectivity index (χ4v) is 5.69. The second-order valence-electron chi connectivity index (χ2n) is 9.01. The van der Waals surface area contributed by atoms with Crippen LogP contribution >= 0.6 is 0 Å². The number of hydrogen-bond acceptors (Lipinski definition) is 5. The van der Waals surface area contributed by atoms with Gasteiger partial charge in [-0.25, -0.2) is 17.2 Å². The molecule has 1 aliphatic heterocycles. The number of nitrogens with zero attached hydrogens (tertiary/aromatic N) is 2. The lowest BCUT2D eigenvalue weighted by atomic mass is 10.1. The Hall–Kier alpha value is -4.32. The lowest BCUT2D eigenvalue weighted by Crippen LogP contribution is -2.54. The van der Waals surface area contributed by atoms with Crippen molar-refractivity contribution in [2.75, 3.05) is 22.8 Å². The quantitative estimate of drug-likeness (QED) is 0.434. The van der Waals surface area contributed by atoms with E-state index < -0.39 is 57.9 Å². The molecular weight excluding hydrogens is 530 g/mol. The van der Waals surface area contributed by atoms with E-state index in [1.165, 1.54) is 31.0 Å². The van der Waals surface area contributed by atoms with Crippen LogP contribution in [0.15, 0.2) is 77.7 Å². The molecule has 204 valence electrons. The second kappa shape index (κ2) is 11.2. The molecule has 0 saturated carbocycles. The summed E-state index contributed by atoms with van der Waals surface area (Å²) in [5.74, 6) is -5.07. The van der Waals surface area contributed by atoms with Crippen LogP contribution in [0, 0.1) is 17.6 Å². The Labute approximate surface area is 224 Å². The van der Waals surface area contributed by atoms with Crippen molar-refractivity contribution in [3.63, 3.8) is 0 Å². The summed E-state index contributed by atoms with van der Waals surface area (Å²) in [4.78, 5) is 40.2. The molecule has 0 fully saturated rings. The summed E-state index contributed by atoms with van der Waals surface area (Å²) in [5.41, 5.74) is 0.738. The molecule has 3 aromatic carbocycles. The van der Waals surface area contributed by atoms with Crippen LogP contribution in [0.25, 0.3) is 0 Å². The highest BCUT2D eigenvalue weighted by Crippen LogP contribution is 2.35. The van der Waals surface area contributed by atoms with Gasteiger partial charge in [-0.3, -0.25) is 18.7 Å². The molecule has 1 aliphatic rings. The molecule has 2 atom stereocenters. The maximum absolute atomic E-state index is 13.6. The van der Waals surface area contributed by atoms with E-state index in [4.69, 9.17) is 0 Å². The molecule has 1 heterocycles. The number of anilines is 2. The number of fused-ring (bicyclic) bond motifs is 1. The normalized spacial score (nSPS) is 16.2. The Morgan fingerprint density at radius 2 is 1.54 bits per heavy atom. The lowest BCUT2D eigenvalue weighted by molar-refractivity contribution is -0.136. The molecule has 3 amide bonds. The van der Waals surface area contributed by atoms with Crippen molar-refractivity contribution in [2.45, 2.75) is 24.4 Å². The van der Waals surface area contributed by atoms with Crippen LogP contribution in [0.2, 0.25) is 0 Å². The number of nitrogens with one attached hydrogen (secondary N) is 2. The number of likely N-dealkylation sites (N-methyl/N-ethyl adjacent to an activating group) is 1. The zero-order valence-electron chi connectivity index (χ0n) is 21.1. The van der Waals surface area contributed by atoms with Gasteiger partial charge in [-0.05, 0) is 48.9 Å². The van der Waals surface area contributed by atoms with Gasteiger partial charge in [0.15, 0.2) is 0 Å². The van der Waals surface area contributed by atoms with Gasteiger partial charge in [0, 0.05) is 19.7 Å². The standard InChI is InChI=1S/C27H26F2N4O5S/c1-17(25(34)30-15-18-12-19(28)14-20(29)13-18)26(35)31-22-16-33(39(37,38)21-8-4-3-5-9-21)24-11-7-6-10-23(24)32(2)27(22)36/h3-14,17,22H,15-16H2,1-2H3,(H,30,34)(H,31,35). The first-order valence-electron chi connectivity index (χ1n) is 12.0. The minimum Gasteiger partial charge on any atom is -0.351 e. The molecule has 39 heavy (non-hydrogen) atoms. The summed E-state index contributed by atoms with van der Waals surface area (Å²) in [6.45, 7) is 0.656. The summed E-state index contributed by atoms with van der Waals surface area (Å²) in [5, 5.41) is 4.95. The number of para-hydroxylation sites is 2. The van der Waals surface area contributed by atoms with E-state index in [1.54, 1.807) is 42.5 Å². The number of hydrogen-bond donors (Lipinski definition) is 2. The van der Waals surface area contributed by atoms with Crippen LogP contribution in [-0.4, -0.2) is 45.8 Å². The van der Waals surface area contributed by atoms with Crippen molar-refractivity contribution >= 4 is 39.1 Å². The number of halogens is 2. The highest BCUT2D eigenvalue weighted by atomic mass is 32.2. The number of carbonyl (C=O) groups excluding carboxylic acids is 3. The third-order valence-electron chi connectivity index (χ3n) is 6.31. The minimum absolute atomic E-state index is 0.00316. The van der Waals surface area contributed by atoms with Crippen LogP contribution in [0.4, 0.5) is 20.2 Å². The van der Waals surface area contributed by atoms with Crippen molar-refractivity contribution in [3.05, 3.63) is 90.0 Å². The number of rotatable bonds is 7. The van der Waals surface area contributed by atoms with Crippen LogP contribution in [0.1, 0.15) is 12.5 Å². The Morgan fingerprint density at radius 3 is 2.18 bits per heavy atom. The van der Waals surface area contributed by atoms with Gasteiger partial charge >= 0.3 is 0 Å². The summed E-state index contributed by atoms with van der Waals surface area (Å²) < 4.78 is 55.2.